The van der Waals surface area contributed by atoms with Crippen LogP contribution in [0.15, 0.2) is 36.5 Å². The van der Waals surface area contributed by atoms with E-state index in [0.717, 1.165) is 31.7 Å². The Hall–Kier alpha value is -0.870. The molecule has 0 unspecified atom stereocenters. The van der Waals surface area contributed by atoms with Gasteiger partial charge < -0.3 is 5.32 Å². The summed E-state index contributed by atoms with van der Waals surface area (Å²) >= 11 is 0. The minimum absolute atomic E-state index is 0. The SMILES string of the molecule is CCC[C@H](c1ccnc2ccccc12)N1CCNCC1.Cl.Cl. The van der Waals surface area contributed by atoms with Crippen molar-refractivity contribution in [3.05, 3.63) is 42.1 Å². The maximum atomic E-state index is 4.50. The first-order chi connectivity index (χ1) is 9.90. The van der Waals surface area contributed by atoms with E-state index in [0.29, 0.717) is 6.04 Å². The van der Waals surface area contributed by atoms with Gasteiger partial charge in [0.15, 0.2) is 0 Å². The molecule has 0 spiro atoms. The molecule has 2 aromatic rings. The van der Waals surface area contributed by atoms with Crippen LogP contribution in [0.1, 0.15) is 31.4 Å². The van der Waals surface area contributed by atoms with Gasteiger partial charge in [0, 0.05) is 43.8 Å². The third-order valence-corrected chi connectivity index (χ3v) is 4.20. The standard InChI is InChI=1S/C17H23N3.2ClH/c1-2-5-17(20-12-10-18-11-13-20)15-8-9-19-16-7-4-3-6-14(15)16;;/h3-4,6-9,17-18H,2,5,10-13H2,1H3;2*1H/t17-;;/m1../s1. The first-order valence-electron chi connectivity index (χ1n) is 7.68. The Balaban J connectivity index is 0.00000121. The zero-order valence-corrected chi connectivity index (χ0v) is 14.6. The van der Waals surface area contributed by atoms with Crippen LogP contribution in [0.5, 0.6) is 0 Å². The van der Waals surface area contributed by atoms with Gasteiger partial charge >= 0.3 is 0 Å². The first kappa shape index (κ1) is 19.2. The smallest absolute Gasteiger partial charge is 0.0705 e. The van der Waals surface area contributed by atoms with Gasteiger partial charge in [-0.25, -0.2) is 0 Å². The highest BCUT2D eigenvalue weighted by molar-refractivity contribution is 5.85. The normalized spacial score (nSPS) is 16.6. The van der Waals surface area contributed by atoms with Crippen molar-refractivity contribution in [2.24, 2.45) is 0 Å². The Morgan fingerprint density at radius 3 is 2.59 bits per heavy atom. The van der Waals surface area contributed by atoms with Crippen LogP contribution in [0.3, 0.4) is 0 Å². The Morgan fingerprint density at radius 1 is 1.14 bits per heavy atom. The predicted molar refractivity (Wildman–Crippen MR) is 98.3 cm³/mol. The van der Waals surface area contributed by atoms with E-state index in [1.54, 1.807) is 0 Å². The second kappa shape index (κ2) is 9.31. The fourth-order valence-electron chi connectivity index (χ4n) is 3.21. The molecule has 1 aromatic heterocycles. The number of aromatic nitrogens is 1. The van der Waals surface area contributed by atoms with Crippen LogP contribution in [0.2, 0.25) is 0 Å². The lowest BCUT2D eigenvalue weighted by atomic mass is 9.96. The summed E-state index contributed by atoms with van der Waals surface area (Å²) < 4.78 is 0. The number of hydrogen-bond acceptors (Lipinski definition) is 3. The highest BCUT2D eigenvalue weighted by atomic mass is 35.5. The van der Waals surface area contributed by atoms with Gasteiger partial charge in [0.1, 0.15) is 0 Å². The van der Waals surface area contributed by atoms with E-state index < -0.39 is 0 Å². The van der Waals surface area contributed by atoms with Gasteiger partial charge in [-0.15, -0.1) is 24.8 Å². The molecule has 0 aliphatic carbocycles. The number of benzene rings is 1. The van der Waals surface area contributed by atoms with Crippen molar-refractivity contribution >= 4 is 35.7 Å². The lowest BCUT2D eigenvalue weighted by molar-refractivity contribution is 0.165. The van der Waals surface area contributed by atoms with Crippen molar-refractivity contribution in [2.75, 3.05) is 26.2 Å². The van der Waals surface area contributed by atoms with Crippen molar-refractivity contribution < 1.29 is 0 Å². The fraction of sp³-hybridized carbons (Fsp3) is 0.471. The molecular weight excluding hydrogens is 317 g/mol. The van der Waals surface area contributed by atoms with Crippen LogP contribution in [0.4, 0.5) is 0 Å². The molecule has 22 heavy (non-hydrogen) atoms. The number of nitrogens with zero attached hydrogens (tertiary/aromatic N) is 2. The Bertz CT molecular complexity index is 565. The van der Waals surface area contributed by atoms with Gasteiger partial charge in [0.25, 0.3) is 0 Å². The van der Waals surface area contributed by atoms with Gasteiger partial charge in [-0.2, -0.15) is 0 Å². The van der Waals surface area contributed by atoms with Crippen LogP contribution >= 0.6 is 24.8 Å². The number of nitrogens with one attached hydrogen (secondary N) is 1. The molecule has 2 heterocycles. The molecule has 1 aliphatic rings. The average molecular weight is 342 g/mol. The minimum atomic E-state index is 0. The largest absolute Gasteiger partial charge is 0.314 e. The second-order valence-electron chi connectivity index (χ2n) is 5.51. The van der Waals surface area contributed by atoms with E-state index in [-0.39, 0.29) is 24.8 Å². The molecule has 1 saturated heterocycles. The number of piperazine rings is 1. The third kappa shape index (κ3) is 4.11. The summed E-state index contributed by atoms with van der Waals surface area (Å²) in [4.78, 5) is 7.13. The number of para-hydroxylation sites is 1. The molecule has 1 aliphatic heterocycles. The summed E-state index contributed by atoms with van der Waals surface area (Å²) in [5.74, 6) is 0. The summed E-state index contributed by atoms with van der Waals surface area (Å²) in [5, 5.41) is 4.76. The topological polar surface area (TPSA) is 28.2 Å². The number of rotatable bonds is 4. The zero-order chi connectivity index (χ0) is 13.8. The Labute approximate surface area is 145 Å². The molecular formula is C17H25Cl2N3. The molecule has 3 nitrogen and oxygen atoms in total. The third-order valence-electron chi connectivity index (χ3n) is 4.20. The van der Waals surface area contributed by atoms with Crippen LogP contribution < -0.4 is 5.32 Å². The summed E-state index contributed by atoms with van der Waals surface area (Å²) in [6.07, 6.45) is 4.39. The summed E-state index contributed by atoms with van der Waals surface area (Å²) in [7, 11) is 0. The molecule has 0 radical (unpaired) electrons. The summed E-state index contributed by atoms with van der Waals surface area (Å²) in [6.45, 7) is 6.76. The molecule has 1 aromatic carbocycles. The number of halogens is 2. The van der Waals surface area contributed by atoms with Gasteiger partial charge in [-0.1, -0.05) is 31.5 Å². The van der Waals surface area contributed by atoms with E-state index >= 15 is 0 Å². The van der Waals surface area contributed by atoms with E-state index in [1.807, 2.05) is 6.20 Å². The van der Waals surface area contributed by atoms with E-state index in [1.165, 1.54) is 23.8 Å². The molecule has 3 rings (SSSR count). The average Bonchev–Trinajstić information content (AvgIpc) is 2.53. The molecule has 0 saturated carbocycles. The molecule has 1 atom stereocenters. The number of fused-ring (bicyclic) bond motifs is 1. The zero-order valence-electron chi connectivity index (χ0n) is 13.0. The lowest BCUT2D eigenvalue weighted by Gasteiger charge is -2.35. The summed E-state index contributed by atoms with van der Waals surface area (Å²) in [5.41, 5.74) is 2.56. The Morgan fingerprint density at radius 2 is 1.86 bits per heavy atom. The van der Waals surface area contributed by atoms with Crippen LogP contribution in [-0.4, -0.2) is 36.1 Å². The fourth-order valence-corrected chi connectivity index (χ4v) is 3.21. The highest BCUT2D eigenvalue weighted by Crippen LogP contribution is 2.30. The van der Waals surface area contributed by atoms with Crippen molar-refractivity contribution in [2.45, 2.75) is 25.8 Å². The maximum absolute atomic E-state index is 4.50. The van der Waals surface area contributed by atoms with Crippen molar-refractivity contribution in [3.8, 4) is 0 Å². The quantitative estimate of drug-likeness (QED) is 0.915. The van der Waals surface area contributed by atoms with Crippen LogP contribution in [0.25, 0.3) is 10.9 Å². The van der Waals surface area contributed by atoms with Gasteiger partial charge in [0.2, 0.25) is 0 Å². The minimum Gasteiger partial charge on any atom is -0.314 e. The van der Waals surface area contributed by atoms with E-state index in [2.05, 4.69) is 52.5 Å². The van der Waals surface area contributed by atoms with E-state index in [9.17, 15) is 0 Å². The molecule has 1 N–H and O–H groups in total. The first-order valence-corrected chi connectivity index (χ1v) is 7.68. The molecule has 5 heteroatoms. The van der Waals surface area contributed by atoms with Gasteiger partial charge in [-0.05, 0) is 24.1 Å². The van der Waals surface area contributed by atoms with Gasteiger partial charge in [0.05, 0.1) is 5.52 Å². The van der Waals surface area contributed by atoms with Crippen LogP contribution in [0, 0.1) is 0 Å². The van der Waals surface area contributed by atoms with Gasteiger partial charge in [-0.3, -0.25) is 9.88 Å². The van der Waals surface area contributed by atoms with Crippen molar-refractivity contribution in [3.63, 3.8) is 0 Å². The molecule has 1 fully saturated rings. The van der Waals surface area contributed by atoms with Crippen molar-refractivity contribution in [1.29, 1.82) is 0 Å². The summed E-state index contributed by atoms with van der Waals surface area (Å²) in [6, 6.07) is 11.2. The van der Waals surface area contributed by atoms with Crippen molar-refractivity contribution in [1.82, 2.24) is 15.2 Å². The molecule has 0 amide bonds. The number of pyridine rings is 1. The highest BCUT2D eigenvalue weighted by Gasteiger charge is 2.22. The number of hydrogen-bond donors (Lipinski definition) is 1. The molecule has 122 valence electrons. The van der Waals surface area contributed by atoms with E-state index in [4.69, 9.17) is 0 Å². The monoisotopic (exact) mass is 341 g/mol. The Kier molecular flexibility index (Phi) is 8.12. The second-order valence-corrected chi connectivity index (χ2v) is 5.51. The molecule has 0 bridgehead atoms. The lowest BCUT2D eigenvalue weighted by Crippen LogP contribution is -2.45. The van der Waals surface area contributed by atoms with Crippen LogP contribution in [-0.2, 0) is 0 Å². The predicted octanol–water partition coefficient (Wildman–Crippen LogP) is 3.82. The maximum Gasteiger partial charge on any atom is 0.0705 e.